The zero-order chi connectivity index (χ0) is 24.1. The Morgan fingerprint density at radius 1 is 0.938 bits per heavy atom. The van der Waals surface area contributed by atoms with Crippen LogP contribution in [0.1, 0.15) is 31.2 Å². The first-order chi connectivity index (χ1) is 15.1. The zero-order valence-electron chi connectivity index (χ0n) is 17.7. The van der Waals surface area contributed by atoms with E-state index in [0.717, 1.165) is 5.56 Å². The number of nitrogens with two attached hydrogens (primary N) is 4. The first-order valence-electron chi connectivity index (χ1n) is 10.1. The first kappa shape index (κ1) is 26.4. The van der Waals surface area contributed by atoms with Gasteiger partial charge in [0, 0.05) is 19.4 Å². The molecule has 0 spiro atoms. The molecule has 0 aliphatic carbocycles. The predicted molar refractivity (Wildman–Crippen MR) is 118 cm³/mol. The van der Waals surface area contributed by atoms with Crippen LogP contribution in [0.3, 0.4) is 0 Å². The van der Waals surface area contributed by atoms with E-state index in [1.807, 2.05) is 0 Å². The number of carbonyl (C=O) groups excluding carboxylic acids is 3. The van der Waals surface area contributed by atoms with Gasteiger partial charge < -0.3 is 38.7 Å². The summed E-state index contributed by atoms with van der Waals surface area (Å²) in [5.74, 6) is -3.29. The maximum Gasteiger partial charge on any atom is 0.326 e. The summed E-state index contributed by atoms with van der Waals surface area (Å²) in [7, 11) is 0. The summed E-state index contributed by atoms with van der Waals surface area (Å²) in [6.07, 6.45) is 0.454. The third-order valence-electron chi connectivity index (χ3n) is 4.51. The fourth-order valence-electron chi connectivity index (χ4n) is 2.80. The van der Waals surface area contributed by atoms with Gasteiger partial charge in [-0.1, -0.05) is 30.3 Å². The lowest BCUT2D eigenvalue weighted by Crippen LogP contribution is -2.55. The minimum atomic E-state index is -1.22. The maximum absolute atomic E-state index is 12.8. The molecule has 1 rings (SSSR count). The second-order valence-corrected chi connectivity index (χ2v) is 7.21. The topological polar surface area (TPSA) is 229 Å². The van der Waals surface area contributed by atoms with Gasteiger partial charge in [-0.15, -0.1) is 0 Å². The van der Waals surface area contributed by atoms with Crippen LogP contribution in [-0.4, -0.2) is 59.4 Å². The highest BCUT2D eigenvalue weighted by Crippen LogP contribution is 2.06. The number of aliphatic imine (C=N–C) groups is 1. The number of nitrogens with zero attached hydrogens (tertiary/aromatic N) is 1. The van der Waals surface area contributed by atoms with E-state index >= 15 is 0 Å². The van der Waals surface area contributed by atoms with Crippen molar-refractivity contribution in [2.75, 3.05) is 6.54 Å². The van der Waals surface area contributed by atoms with Gasteiger partial charge in [-0.3, -0.25) is 19.4 Å². The minimum absolute atomic E-state index is 0.00919. The fourth-order valence-corrected chi connectivity index (χ4v) is 2.80. The molecule has 12 heteroatoms. The normalized spacial score (nSPS) is 13.3. The van der Waals surface area contributed by atoms with E-state index in [1.165, 1.54) is 0 Å². The van der Waals surface area contributed by atoms with Crippen LogP contribution in [0, 0.1) is 0 Å². The third kappa shape index (κ3) is 10.4. The molecule has 3 amide bonds. The molecule has 0 unspecified atom stereocenters. The van der Waals surface area contributed by atoms with Gasteiger partial charge in [-0.2, -0.15) is 0 Å². The molecule has 0 aliphatic rings. The van der Waals surface area contributed by atoms with Gasteiger partial charge in [-0.25, -0.2) is 4.79 Å². The van der Waals surface area contributed by atoms with Gasteiger partial charge >= 0.3 is 5.97 Å². The molecule has 11 N–H and O–H groups in total. The van der Waals surface area contributed by atoms with Crippen molar-refractivity contribution >= 4 is 29.7 Å². The Kier molecular flexibility index (Phi) is 11.2. The van der Waals surface area contributed by atoms with Crippen LogP contribution in [0.2, 0.25) is 0 Å². The second-order valence-electron chi connectivity index (χ2n) is 7.21. The molecule has 0 bridgehead atoms. The smallest absolute Gasteiger partial charge is 0.326 e. The molecule has 0 fully saturated rings. The van der Waals surface area contributed by atoms with Crippen LogP contribution in [-0.2, 0) is 25.6 Å². The molecule has 1 aromatic carbocycles. The Hall–Kier alpha value is -3.67. The summed E-state index contributed by atoms with van der Waals surface area (Å²) in [4.78, 5) is 51.6. The minimum Gasteiger partial charge on any atom is -0.480 e. The first-order valence-corrected chi connectivity index (χ1v) is 10.1. The number of carboxylic acids is 1. The summed E-state index contributed by atoms with van der Waals surface area (Å²) in [5.41, 5.74) is 22.1. The molecule has 0 aliphatic heterocycles. The lowest BCUT2D eigenvalue weighted by Gasteiger charge is -2.23. The molecule has 1 aromatic rings. The number of amides is 3. The van der Waals surface area contributed by atoms with Gasteiger partial charge in [0.05, 0.1) is 6.04 Å². The van der Waals surface area contributed by atoms with Gasteiger partial charge in [0.15, 0.2) is 5.96 Å². The molecule has 3 atom stereocenters. The van der Waals surface area contributed by atoms with Crippen LogP contribution in [0.4, 0.5) is 0 Å². The largest absolute Gasteiger partial charge is 0.480 e. The molecule has 0 saturated heterocycles. The molecule has 0 heterocycles. The van der Waals surface area contributed by atoms with E-state index in [4.69, 9.17) is 22.9 Å². The number of hydrogen-bond acceptors (Lipinski definition) is 6. The third-order valence-corrected chi connectivity index (χ3v) is 4.51. The van der Waals surface area contributed by atoms with Crippen molar-refractivity contribution in [3.63, 3.8) is 0 Å². The van der Waals surface area contributed by atoms with Gasteiger partial charge in [0.2, 0.25) is 17.7 Å². The number of primary amides is 1. The summed E-state index contributed by atoms with van der Waals surface area (Å²) >= 11 is 0. The van der Waals surface area contributed by atoms with Crippen molar-refractivity contribution in [3.8, 4) is 0 Å². The Balaban J connectivity index is 2.86. The molecule has 176 valence electrons. The Morgan fingerprint density at radius 3 is 2.12 bits per heavy atom. The molecule has 12 nitrogen and oxygen atoms in total. The zero-order valence-corrected chi connectivity index (χ0v) is 17.7. The monoisotopic (exact) mass is 449 g/mol. The quantitative estimate of drug-likeness (QED) is 0.0945. The highest BCUT2D eigenvalue weighted by molar-refractivity contribution is 5.92. The number of aliphatic carboxylic acids is 1. The fraction of sp³-hybridized carbons (Fsp3) is 0.450. The summed E-state index contributed by atoms with van der Waals surface area (Å²) < 4.78 is 0. The van der Waals surface area contributed by atoms with Crippen molar-refractivity contribution in [1.29, 1.82) is 0 Å². The van der Waals surface area contributed by atoms with E-state index in [9.17, 15) is 24.3 Å². The lowest BCUT2D eigenvalue weighted by atomic mass is 10.0. The van der Waals surface area contributed by atoms with Crippen LogP contribution < -0.4 is 33.6 Å². The number of guanidine groups is 1. The second kappa shape index (κ2) is 13.6. The average molecular weight is 450 g/mol. The van der Waals surface area contributed by atoms with Crippen molar-refractivity contribution in [3.05, 3.63) is 35.9 Å². The molecule has 0 saturated carbocycles. The Labute approximate surface area is 185 Å². The van der Waals surface area contributed by atoms with Gasteiger partial charge in [-0.05, 0) is 24.8 Å². The number of benzene rings is 1. The van der Waals surface area contributed by atoms with Gasteiger partial charge in [0.25, 0.3) is 0 Å². The van der Waals surface area contributed by atoms with Crippen LogP contribution >= 0.6 is 0 Å². The van der Waals surface area contributed by atoms with Crippen LogP contribution in [0.5, 0.6) is 0 Å². The van der Waals surface area contributed by atoms with Crippen LogP contribution in [0.25, 0.3) is 0 Å². The van der Waals surface area contributed by atoms with Crippen molar-refractivity contribution in [1.82, 2.24) is 10.6 Å². The molecular formula is C20H31N7O5. The number of rotatable bonds is 14. The van der Waals surface area contributed by atoms with Crippen molar-refractivity contribution < 1.29 is 24.3 Å². The Morgan fingerprint density at radius 2 is 1.56 bits per heavy atom. The Bertz CT molecular complexity index is 812. The van der Waals surface area contributed by atoms with E-state index in [1.54, 1.807) is 30.3 Å². The highest BCUT2D eigenvalue weighted by Gasteiger charge is 2.28. The highest BCUT2D eigenvalue weighted by atomic mass is 16.4. The number of hydrogen-bond donors (Lipinski definition) is 7. The molecule has 32 heavy (non-hydrogen) atoms. The van der Waals surface area contributed by atoms with E-state index in [-0.39, 0.29) is 38.2 Å². The van der Waals surface area contributed by atoms with Crippen molar-refractivity contribution in [2.45, 2.75) is 50.2 Å². The number of nitrogens with one attached hydrogen (secondary N) is 2. The van der Waals surface area contributed by atoms with E-state index in [0.29, 0.717) is 6.42 Å². The standard InChI is InChI=1S/C20H31N7O5/c21-13(8-9-16(22)28)17(29)26-14(7-4-10-25-20(23)24)18(30)27-15(19(31)32)11-12-5-2-1-3-6-12/h1-3,5-6,13-15H,4,7-11,21H2,(H2,22,28)(H,26,29)(H,27,30)(H,31,32)(H4,23,24,25)/t13-,14-,15-/m0/s1. The molecule has 0 aromatic heterocycles. The summed E-state index contributed by atoms with van der Waals surface area (Å²) in [6, 6.07) is 5.46. The number of carboxylic acid groups (broad SMARTS) is 1. The maximum atomic E-state index is 12.8. The SMILES string of the molecule is NC(=O)CC[C@H](N)C(=O)N[C@@H](CCCN=C(N)N)C(=O)N[C@@H](Cc1ccccc1)C(=O)O. The molecule has 0 radical (unpaired) electrons. The van der Waals surface area contributed by atoms with E-state index in [2.05, 4.69) is 15.6 Å². The van der Waals surface area contributed by atoms with E-state index < -0.39 is 41.8 Å². The van der Waals surface area contributed by atoms with Crippen LogP contribution in [0.15, 0.2) is 35.3 Å². The molecular weight excluding hydrogens is 418 g/mol. The predicted octanol–water partition coefficient (Wildman–Crippen LogP) is -2.07. The summed E-state index contributed by atoms with van der Waals surface area (Å²) in [5, 5.41) is 14.5. The van der Waals surface area contributed by atoms with Crippen molar-refractivity contribution in [2.24, 2.45) is 27.9 Å². The lowest BCUT2D eigenvalue weighted by molar-refractivity contribution is -0.142. The summed E-state index contributed by atoms with van der Waals surface area (Å²) in [6.45, 7) is 0.210. The van der Waals surface area contributed by atoms with Gasteiger partial charge in [0.1, 0.15) is 12.1 Å². The average Bonchev–Trinajstić information content (AvgIpc) is 2.73. The number of carbonyl (C=O) groups is 4.